The molecule has 0 aliphatic rings. The van der Waals surface area contributed by atoms with Gasteiger partial charge < -0.3 is 9.64 Å². The van der Waals surface area contributed by atoms with E-state index in [9.17, 15) is 4.79 Å². The van der Waals surface area contributed by atoms with Gasteiger partial charge >= 0.3 is 0 Å². The summed E-state index contributed by atoms with van der Waals surface area (Å²) in [7, 11) is 5.27. The normalized spacial score (nSPS) is 13.8. The van der Waals surface area contributed by atoms with Crippen molar-refractivity contribution in [3.05, 3.63) is 29.8 Å². The van der Waals surface area contributed by atoms with Crippen LogP contribution in [0, 0.1) is 5.92 Å². The molecular formula is C15H23NO2. The molecule has 0 heterocycles. The van der Waals surface area contributed by atoms with Crippen LogP contribution in [0.3, 0.4) is 0 Å². The summed E-state index contributed by atoms with van der Waals surface area (Å²) in [5, 5.41) is 0. The molecule has 0 aliphatic heterocycles. The molecule has 18 heavy (non-hydrogen) atoms. The average Bonchev–Trinajstić information content (AvgIpc) is 2.38. The Labute approximate surface area is 110 Å². The number of hydrogen-bond acceptors (Lipinski definition) is 2. The number of hydrogen-bond donors (Lipinski definition) is 0. The molecule has 1 amide bonds. The lowest BCUT2D eigenvalue weighted by Crippen LogP contribution is -2.31. The predicted octanol–water partition coefficient (Wildman–Crippen LogP) is 2.91. The number of methoxy groups -OCH3 is 1. The zero-order valence-corrected chi connectivity index (χ0v) is 11.9. The first-order valence-electron chi connectivity index (χ1n) is 6.36. The molecule has 0 N–H and O–H groups in total. The third-order valence-corrected chi connectivity index (χ3v) is 3.40. The van der Waals surface area contributed by atoms with Crippen LogP contribution in [0.2, 0.25) is 0 Å². The zero-order valence-electron chi connectivity index (χ0n) is 11.9. The Kier molecular flexibility index (Phi) is 5.20. The van der Waals surface area contributed by atoms with Gasteiger partial charge in [-0.1, -0.05) is 26.0 Å². The second-order valence-corrected chi connectivity index (χ2v) is 4.81. The van der Waals surface area contributed by atoms with Crippen molar-refractivity contribution in [3.63, 3.8) is 0 Å². The number of carbonyl (C=O) groups is 1. The van der Waals surface area contributed by atoms with E-state index in [0.717, 1.165) is 12.2 Å². The minimum Gasteiger partial charge on any atom is -0.497 e. The molecule has 3 nitrogen and oxygen atoms in total. The van der Waals surface area contributed by atoms with Gasteiger partial charge in [0, 0.05) is 20.0 Å². The van der Waals surface area contributed by atoms with E-state index < -0.39 is 0 Å². The van der Waals surface area contributed by atoms with Gasteiger partial charge in [-0.25, -0.2) is 0 Å². The lowest BCUT2D eigenvalue weighted by Gasteiger charge is -2.25. The van der Waals surface area contributed by atoms with Gasteiger partial charge in [-0.2, -0.15) is 0 Å². The topological polar surface area (TPSA) is 29.5 Å². The number of ether oxygens (including phenoxy) is 1. The van der Waals surface area contributed by atoms with E-state index in [1.165, 1.54) is 5.56 Å². The van der Waals surface area contributed by atoms with Crippen LogP contribution in [0.4, 0.5) is 0 Å². The third kappa shape index (κ3) is 3.25. The number of nitrogens with zero attached hydrogens (tertiary/aromatic N) is 1. The van der Waals surface area contributed by atoms with E-state index in [4.69, 9.17) is 4.74 Å². The highest BCUT2D eigenvalue weighted by Gasteiger charge is 2.25. The molecule has 1 aromatic rings. The molecule has 0 saturated heterocycles. The van der Waals surface area contributed by atoms with Crippen LogP contribution in [-0.2, 0) is 4.79 Å². The van der Waals surface area contributed by atoms with Crippen molar-refractivity contribution in [2.75, 3.05) is 21.2 Å². The van der Waals surface area contributed by atoms with Gasteiger partial charge in [0.25, 0.3) is 0 Å². The monoisotopic (exact) mass is 249 g/mol. The first kappa shape index (κ1) is 14.6. The first-order chi connectivity index (χ1) is 8.51. The lowest BCUT2D eigenvalue weighted by atomic mass is 9.84. The van der Waals surface area contributed by atoms with E-state index in [1.54, 1.807) is 26.1 Å². The van der Waals surface area contributed by atoms with Crippen LogP contribution in [0.25, 0.3) is 0 Å². The minimum atomic E-state index is -0.0166. The molecule has 0 aromatic heterocycles. The van der Waals surface area contributed by atoms with Crippen LogP contribution >= 0.6 is 0 Å². The van der Waals surface area contributed by atoms with Crippen molar-refractivity contribution < 1.29 is 9.53 Å². The molecule has 100 valence electrons. The summed E-state index contributed by atoms with van der Waals surface area (Å²) in [6.07, 6.45) is 0.938. The van der Waals surface area contributed by atoms with Crippen LogP contribution in [-0.4, -0.2) is 32.0 Å². The van der Waals surface area contributed by atoms with Crippen LogP contribution in [0.1, 0.15) is 31.7 Å². The lowest BCUT2D eigenvalue weighted by molar-refractivity contribution is -0.133. The molecule has 0 saturated carbocycles. The summed E-state index contributed by atoms with van der Waals surface area (Å²) in [6.45, 7) is 4.11. The summed E-state index contributed by atoms with van der Waals surface area (Å²) < 4.78 is 5.24. The van der Waals surface area contributed by atoms with Crippen LogP contribution in [0.15, 0.2) is 24.3 Å². The van der Waals surface area contributed by atoms with Gasteiger partial charge in [0.05, 0.1) is 7.11 Å². The quantitative estimate of drug-likeness (QED) is 0.803. The summed E-state index contributed by atoms with van der Waals surface area (Å²) >= 11 is 0. The maximum atomic E-state index is 12.1. The summed E-state index contributed by atoms with van der Waals surface area (Å²) in [5.41, 5.74) is 1.17. The fraction of sp³-hybridized carbons (Fsp3) is 0.533. The minimum absolute atomic E-state index is 0.0166. The Balaban J connectivity index is 2.98. The predicted molar refractivity (Wildman–Crippen MR) is 73.9 cm³/mol. The van der Waals surface area contributed by atoms with Crippen molar-refractivity contribution in [2.24, 2.45) is 5.92 Å². The molecule has 0 radical (unpaired) electrons. The molecule has 1 aromatic carbocycles. The van der Waals surface area contributed by atoms with Crippen LogP contribution in [0.5, 0.6) is 5.75 Å². The average molecular weight is 249 g/mol. The molecule has 3 heteroatoms. The van der Waals surface area contributed by atoms with Crippen LogP contribution < -0.4 is 4.74 Å². The Hall–Kier alpha value is -1.51. The number of rotatable bonds is 5. The highest BCUT2D eigenvalue weighted by Crippen LogP contribution is 2.30. The highest BCUT2D eigenvalue weighted by molar-refractivity contribution is 5.79. The van der Waals surface area contributed by atoms with E-state index in [2.05, 4.69) is 13.0 Å². The Morgan fingerprint density at radius 3 is 2.56 bits per heavy atom. The van der Waals surface area contributed by atoms with Gasteiger partial charge in [-0.3, -0.25) is 4.79 Å². The zero-order chi connectivity index (χ0) is 13.7. The number of amides is 1. The summed E-state index contributed by atoms with van der Waals surface area (Å²) in [4.78, 5) is 13.7. The number of benzene rings is 1. The maximum absolute atomic E-state index is 12.1. The van der Waals surface area contributed by atoms with Crippen molar-refractivity contribution in [2.45, 2.75) is 26.2 Å². The van der Waals surface area contributed by atoms with Gasteiger partial charge in [0.1, 0.15) is 5.75 Å². The van der Waals surface area contributed by atoms with E-state index in [-0.39, 0.29) is 17.7 Å². The summed E-state index contributed by atoms with van der Waals surface area (Å²) in [5.74, 6) is 1.23. The van der Waals surface area contributed by atoms with Gasteiger partial charge in [0.15, 0.2) is 0 Å². The molecular weight excluding hydrogens is 226 g/mol. The number of carbonyl (C=O) groups excluding carboxylic acids is 1. The second-order valence-electron chi connectivity index (χ2n) is 4.81. The second kappa shape index (κ2) is 6.43. The molecule has 0 aliphatic carbocycles. The molecule has 0 bridgehead atoms. The summed E-state index contributed by atoms with van der Waals surface area (Å²) in [6, 6.07) is 7.99. The Morgan fingerprint density at radius 2 is 2.06 bits per heavy atom. The van der Waals surface area contributed by atoms with Gasteiger partial charge in [-0.15, -0.1) is 0 Å². The first-order valence-corrected chi connectivity index (χ1v) is 6.36. The van der Waals surface area contributed by atoms with Crippen molar-refractivity contribution >= 4 is 5.91 Å². The molecule has 0 spiro atoms. The van der Waals surface area contributed by atoms with Crippen molar-refractivity contribution in [1.29, 1.82) is 0 Å². The van der Waals surface area contributed by atoms with E-state index in [1.807, 2.05) is 25.1 Å². The highest BCUT2D eigenvalue weighted by atomic mass is 16.5. The molecule has 0 fully saturated rings. The van der Waals surface area contributed by atoms with E-state index in [0.29, 0.717) is 0 Å². The smallest absolute Gasteiger partial charge is 0.225 e. The maximum Gasteiger partial charge on any atom is 0.225 e. The molecule has 0 unspecified atom stereocenters. The van der Waals surface area contributed by atoms with Gasteiger partial charge in [0.2, 0.25) is 5.91 Å². The molecule has 1 rings (SSSR count). The Morgan fingerprint density at radius 1 is 1.39 bits per heavy atom. The Bertz CT molecular complexity index is 401. The van der Waals surface area contributed by atoms with Gasteiger partial charge in [-0.05, 0) is 30.0 Å². The van der Waals surface area contributed by atoms with Crippen molar-refractivity contribution in [3.8, 4) is 5.75 Å². The fourth-order valence-corrected chi connectivity index (χ4v) is 2.33. The van der Waals surface area contributed by atoms with E-state index >= 15 is 0 Å². The molecule has 2 atom stereocenters. The third-order valence-electron chi connectivity index (χ3n) is 3.40. The van der Waals surface area contributed by atoms with Crippen molar-refractivity contribution in [1.82, 2.24) is 4.90 Å². The SMILES string of the molecule is CC[C@H](c1cccc(OC)c1)[C@@H](C)C(=O)N(C)C. The fourth-order valence-electron chi connectivity index (χ4n) is 2.33. The largest absolute Gasteiger partial charge is 0.497 e. The standard InChI is InChI=1S/C15H23NO2/c1-6-14(11(2)15(17)16(3)4)12-8-7-9-13(10-12)18-5/h7-11,14H,6H2,1-5H3/t11-,14+/m1/s1.